The Labute approximate surface area is 93.5 Å². The summed E-state index contributed by atoms with van der Waals surface area (Å²) < 4.78 is 1.96. The van der Waals surface area contributed by atoms with Gasteiger partial charge in [-0.1, -0.05) is 11.6 Å². The Morgan fingerprint density at radius 2 is 2.27 bits per heavy atom. The Hall–Kier alpha value is -1.32. The summed E-state index contributed by atoms with van der Waals surface area (Å²) in [5.74, 6) is 0.918. The van der Waals surface area contributed by atoms with Crippen molar-refractivity contribution in [2.45, 2.75) is 6.54 Å². The summed E-state index contributed by atoms with van der Waals surface area (Å²) in [6.07, 6.45) is 3.68. The minimum Gasteiger partial charge on any atom is -0.334 e. The molecule has 2 aromatic rings. The third-order valence-electron chi connectivity index (χ3n) is 2.35. The van der Waals surface area contributed by atoms with Crippen molar-refractivity contribution in [3.05, 3.63) is 41.2 Å². The number of hydrogen-bond donors (Lipinski definition) is 1. The quantitative estimate of drug-likeness (QED) is 0.845. The molecule has 2 N–H and O–H groups in total. The molecule has 0 amide bonds. The highest BCUT2D eigenvalue weighted by molar-refractivity contribution is 6.31. The van der Waals surface area contributed by atoms with Crippen LogP contribution in [0.1, 0.15) is 5.56 Å². The second-order valence-electron chi connectivity index (χ2n) is 3.37. The van der Waals surface area contributed by atoms with Crippen molar-refractivity contribution in [1.82, 2.24) is 9.55 Å². The maximum absolute atomic E-state index is 5.99. The highest BCUT2D eigenvalue weighted by atomic mass is 35.5. The fraction of sp³-hybridized carbons (Fsp3) is 0.182. The Morgan fingerprint density at radius 3 is 2.87 bits per heavy atom. The zero-order valence-corrected chi connectivity index (χ0v) is 9.20. The van der Waals surface area contributed by atoms with Gasteiger partial charge in [0.2, 0.25) is 0 Å². The minimum atomic E-state index is 0.442. The van der Waals surface area contributed by atoms with E-state index in [4.69, 9.17) is 17.3 Å². The molecule has 0 aliphatic carbocycles. The molecule has 0 fully saturated rings. The molecule has 3 nitrogen and oxygen atoms in total. The predicted molar refractivity (Wildman–Crippen MR) is 61.5 cm³/mol. The van der Waals surface area contributed by atoms with Crippen LogP contribution < -0.4 is 5.73 Å². The van der Waals surface area contributed by atoms with Crippen LogP contribution in [0.2, 0.25) is 5.02 Å². The fourth-order valence-electron chi connectivity index (χ4n) is 1.51. The van der Waals surface area contributed by atoms with Gasteiger partial charge in [0.1, 0.15) is 5.82 Å². The normalized spacial score (nSPS) is 10.6. The Kier molecular flexibility index (Phi) is 2.75. The number of imidazole rings is 1. The van der Waals surface area contributed by atoms with E-state index in [0.29, 0.717) is 11.6 Å². The lowest BCUT2D eigenvalue weighted by atomic mass is 10.1. The number of nitrogens with two attached hydrogens (primary N) is 1. The highest BCUT2D eigenvalue weighted by Gasteiger charge is 2.05. The molecule has 1 heterocycles. The first-order chi connectivity index (χ1) is 7.22. The van der Waals surface area contributed by atoms with E-state index in [0.717, 1.165) is 17.0 Å². The molecule has 0 saturated heterocycles. The van der Waals surface area contributed by atoms with Gasteiger partial charge in [-0.2, -0.15) is 0 Å². The standard InChI is InChI=1S/C11H12ClN3/c1-15-5-4-14-11(15)8-2-3-10(12)9(6-8)7-13/h2-6H,7,13H2,1H3. The predicted octanol–water partition coefficient (Wildman–Crippen LogP) is 2.20. The average molecular weight is 222 g/mol. The summed E-state index contributed by atoms with van der Waals surface area (Å²) in [7, 11) is 1.96. The molecule has 0 aliphatic rings. The van der Waals surface area contributed by atoms with Crippen molar-refractivity contribution in [2.24, 2.45) is 12.8 Å². The molecule has 1 aromatic carbocycles. The second kappa shape index (κ2) is 4.04. The van der Waals surface area contributed by atoms with Gasteiger partial charge in [0.05, 0.1) is 0 Å². The number of aromatic nitrogens is 2. The smallest absolute Gasteiger partial charge is 0.139 e. The van der Waals surface area contributed by atoms with Crippen LogP contribution in [0.15, 0.2) is 30.6 Å². The van der Waals surface area contributed by atoms with Crippen LogP contribution in [0, 0.1) is 0 Å². The summed E-state index contributed by atoms with van der Waals surface area (Å²) in [6.45, 7) is 0.442. The minimum absolute atomic E-state index is 0.442. The van der Waals surface area contributed by atoms with E-state index in [1.807, 2.05) is 36.0 Å². The van der Waals surface area contributed by atoms with Crippen molar-refractivity contribution in [2.75, 3.05) is 0 Å². The zero-order chi connectivity index (χ0) is 10.8. The number of nitrogens with zero attached hydrogens (tertiary/aromatic N) is 2. The molecular formula is C11H12ClN3. The van der Waals surface area contributed by atoms with Crippen LogP contribution in [-0.2, 0) is 13.6 Å². The van der Waals surface area contributed by atoms with E-state index in [2.05, 4.69) is 4.98 Å². The van der Waals surface area contributed by atoms with Crippen molar-refractivity contribution >= 4 is 11.6 Å². The molecule has 0 bridgehead atoms. The van der Waals surface area contributed by atoms with Gasteiger partial charge in [-0.3, -0.25) is 0 Å². The van der Waals surface area contributed by atoms with Crippen LogP contribution in [0.4, 0.5) is 0 Å². The van der Waals surface area contributed by atoms with Gasteiger partial charge in [0, 0.05) is 36.6 Å². The first kappa shape index (κ1) is 10.2. The van der Waals surface area contributed by atoms with E-state index in [1.54, 1.807) is 6.20 Å². The third kappa shape index (κ3) is 1.89. The summed E-state index contributed by atoms with van der Waals surface area (Å²) in [5, 5.41) is 0.704. The number of aryl methyl sites for hydroxylation is 1. The molecule has 0 radical (unpaired) electrons. The molecule has 0 spiro atoms. The maximum Gasteiger partial charge on any atom is 0.139 e. The van der Waals surface area contributed by atoms with E-state index in [9.17, 15) is 0 Å². The molecule has 4 heteroatoms. The molecular weight excluding hydrogens is 210 g/mol. The molecule has 78 valence electrons. The lowest BCUT2D eigenvalue weighted by Crippen LogP contribution is -1.98. The lowest BCUT2D eigenvalue weighted by molar-refractivity contribution is 0.924. The fourth-order valence-corrected chi connectivity index (χ4v) is 1.71. The van der Waals surface area contributed by atoms with E-state index in [1.165, 1.54) is 0 Å². The van der Waals surface area contributed by atoms with Gasteiger partial charge >= 0.3 is 0 Å². The Morgan fingerprint density at radius 1 is 1.47 bits per heavy atom. The molecule has 0 aliphatic heterocycles. The largest absolute Gasteiger partial charge is 0.334 e. The topological polar surface area (TPSA) is 43.8 Å². The first-order valence-electron chi connectivity index (χ1n) is 4.68. The van der Waals surface area contributed by atoms with Crippen molar-refractivity contribution in [3.8, 4) is 11.4 Å². The Bertz CT molecular complexity index is 476. The van der Waals surface area contributed by atoms with Crippen molar-refractivity contribution in [1.29, 1.82) is 0 Å². The molecule has 0 unspecified atom stereocenters. The molecule has 1 aromatic heterocycles. The van der Waals surface area contributed by atoms with Gasteiger partial charge in [0.15, 0.2) is 0 Å². The van der Waals surface area contributed by atoms with Crippen LogP contribution in [0.25, 0.3) is 11.4 Å². The number of hydrogen-bond acceptors (Lipinski definition) is 2. The number of benzene rings is 1. The molecule has 2 rings (SSSR count). The number of rotatable bonds is 2. The van der Waals surface area contributed by atoms with Crippen molar-refractivity contribution < 1.29 is 0 Å². The third-order valence-corrected chi connectivity index (χ3v) is 2.71. The summed E-state index contributed by atoms with van der Waals surface area (Å²) in [5.41, 5.74) is 7.58. The van der Waals surface area contributed by atoms with Crippen LogP contribution >= 0.6 is 11.6 Å². The van der Waals surface area contributed by atoms with Gasteiger partial charge in [-0.25, -0.2) is 4.98 Å². The Balaban J connectivity index is 2.51. The SMILES string of the molecule is Cn1ccnc1-c1ccc(Cl)c(CN)c1. The monoisotopic (exact) mass is 221 g/mol. The first-order valence-corrected chi connectivity index (χ1v) is 5.06. The summed E-state index contributed by atoms with van der Waals surface area (Å²) in [6, 6.07) is 5.78. The number of halogens is 1. The lowest BCUT2D eigenvalue weighted by Gasteiger charge is -2.05. The van der Waals surface area contributed by atoms with E-state index < -0.39 is 0 Å². The second-order valence-corrected chi connectivity index (χ2v) is 3.78. The summed E-state index contributed by atoms with van der Waals surface area (Å²) >= 11 is 5.99. The molecule has 15 heavy (non-hydrogen) atoms. The molecule has 0 atom stereocenters. The highest BCUT2D eigenvalue weighted by Crippen LogP contribution is 2.23. The van der Waals surface area contributed by atoms with Gasteiger partial charge in [0.25, 0.3) is 0 Å². The van der Waals surface area contributed by atoms with E-state index >= 15 is 0 Å². The van der Waals surface area contributed by atoms with Crippen LogP contribution in [-0.4, -0.2) is 9.55 Å². The summed E-state index contributed by atoms with van der Waals surface area (Å²) in [4.78, 5) is 4.27. The van der Waals surface area contributed by atoms with E-state index in [-0.39, 0.29) is 0 Å². The maximum atomic E-state index is 5.99. The zero-order valence-electron chi connectivity index (χ0n) is 8.44. The van der Waals surface area contributed by atoms with Gasteiger partial charge < -0.3 is 10.3 Å². The average Bonchev–Trinajstić information content (AvgIpc) is 2.65. The van der Waals surface area contributed by atoms with Crippen LogP contribution in [0.3, 0.4) is 0 Å². The van der Waals surface area contributed by atoms with Gasteiger partial charge in [-0.05, 0) is 23.8 Å². The molecule has 0 saturated carbocycles. The van der Waals surface area contributed by atoms with Crippen molar-refractivity contribution in [3.63, 3.8) is 0 Å². The van der Waals surface area contributed by atoms with Gasteiger partial charge in [-0.15, -0.1) is 0 Å². The van der Waals surface area contributed by atoms with Crippen LogP contribution in [0.5, 0.6) is 0 Å².